The molecule has 1 N–H and O–H groups in total. The molecule has 1 amide bonds. The minimum Gasteiger partial charge on any atom is -0.487 e. The number of benzene rings is 2. The van der Waals surface area contributed by atoms with Crippen molar-refractivity contribution in [2.45, 2.75) is 31.9 Å². The fraction of sp³-hybridized carbons (Fsp3) is 0.273. The van der Waals surface area contributed by atoms with Crippen LogP contribution in [-0.2, 0) is 7.05 Å². The van der Waals surface area contributed by atoms with Gasteiger partial charge in [-0.15, -0.1) is 0 Å². The van der Waals surface area contributed by atoms with Gasteiger partial charge in [-0.3, -0.25) is 9.59 Å². The molecule has 0 fully saturated rings. The first-order chi connectivity index (χ1) is 12.9. The lowest BCUT2D eigenvalue weighted by atomic mass is 9.89. The van der Waals surface area contributed by atoms with Crippen LogP contribution in [0.5, 0.6) is 5.75 Å². The van der Waals surface area contributed by atoms with Gasteiger partial charge in [0, 0.05) is 30.5 Å². The van der Waals surface area contributed by atoms with E-state index in [-0.39, 0.29) is 23.1 Å². The third-order valence-electron chi connectivity index (χ3n) is 5.08. The lowest BCUT2D eigenvalue weighted by Gasteiger charge is -2.37. The molecule has 0 bridgehead atoms. The molecule has 138 valence electrons. The van der Waals surface area contributed by atoms with Gasteiger partial charge in [-0.05, 0) is 26.0 Å². The number of nitrogens with zero attached hydrogens (tertiary/aromatic N) is 1. The first-order valence-corrected chi connectivity index (χ1v) is 9.03. The maximum absolute atomic E-state index is 13.1. The van der Waals surface area contributed by atoms with Crippen molar-refractivity contribution in [1.82, 2.24) is 9.88 Å². The molecule has 1 aliphatic rings. The molecule has 0 spiro atoms. The van der Waals surface area contributed by atoms with E-state index in [9.17, 15) is 9.59 Å². The van der Waals surface area contributed by atoms with E-state index >= 15 is 0 Å². The number of ether oxygens (including phenoxy) is 1. The highest BCUT2D eigenvalue weighted by atomic mass is 16.5. The first-order valence-electron chi connectivity index (χ1n) is 9.03. The molecule has 0 saturated carbocycles. The summed E-state index contributed by atoms with van der Waals surface area (Å²) in [6, 6.07) is 16.4. The highest BCUT2D eigenvalue weighted by molar-refractivity contribution is 6.06. The van der Waals surface area contributed by atoms with Gasteiger partial charge in [-0.25, -0.2) is 0 Å². The van der Waals surface area contributed by atoms with Gasteiger partial charge in [-0.1, -0.05) is 36.4 Å². The van der Waals surface area contributed by atoms with Crippen LogP contribution in [0.25, 0.3) is 10.9 Å². The van der Waals surface area contributed by atoms with Gasteiger partial charge in [0.1, 0.15) is 11.4 Å². The zero-order valence-corrected chi connectivity index (χ0v) is 15.7. The second-order valence-corrected chi connectivity index (χ2v) is 7.60. The highest BCUT2D eigenvalue weighted by Crippen LogP contribution is 2.39. The predicted molar refractivity (Wildman–Crippen MR) is 105 cm³/mol. The number of fused-ring (bicyclic) bond motifs is 2. The summed E-state index contributed by atoms with van der Waals surface area (Å²) in [5.41, 5.74) is 1.50. The van der Waals surface area contributed by atoms with Gasteiger partial charge >= 0.3 is 0 Å². The summed E-state index contributed by atoms with van der Waals surface area (Å²) in [5.74, 6) is 0.536. The summed E-state index contributed by atoms with van der Waals surface area (Å²) in [6.07, 6.45) is 0.651. The quantitative estimate of drug-likeness (QED) is 0.758. The Balaban J connectivity index is 1.75. The molecular weight excluding hydrogens is 340 g/mol. The molecule has 5 heteroatoms. The standard InChI is InChI=1S/C22H22N2O3/c1-22(2)13-17(15-9-5-7-11-19(15)27-22)23-21(26)16-12-20(25)24(3)18-10-6-4-8-14(16)18/h4-12,17H,13H2,1-3H3,(H,23,26). The molecule has 0 saturated heterocycles. The lowest BCUT2D eigenvalue weighted by Crippen LogP contribution is -2.41. The molecule has 1 aliphatic heterocycles. The number of pyridine rings is 1. The molecule has 3 aromatic rings. The van der Waals surface area contributed by atoms with Crippen molar-refractivity contribution in [2.24, 2.45) is 7.05 Å². The van der Waals surface area contributed by atoms with Crippen LogP contribution in [0, 0.1) is 0 Å². The van der Waals surface area contributed by atoms with Crippen molar-refractivity contribution < 1.29 is 9.53 Å². The van der Waals surface area contributed by atoms with Crippen molar-refractivity contribution in [3.8, 4) is 5.75 Å². The largest absolute Gasteiger partial charge is 0.487 e. The topological polar surface area (TPSA) is 60.3 Å². The Bertz CT molecular complexity index is 1100. The summed E-state index contributed by atoms with van der Waals surface area (Å²) in [7, 11) is 1.71. The number of amides is 1. The Morgan fingerprint density at radius 3 is 2.67 bits per heavy atom. The Hall–Kier alpha value is -3.08. The molecule has 0 radical (unpaired) electrons. The van der Waals surface area contributed by atoms with E-state index in [0.29, 0.717) is 12.0 Å². The van der Waals surface area contributed by atoms with Crippen LogP contribution >= 0.6 is 0 Å². The van der Waals surface area contributed by atoms with E-state index in [1.807, 2.05) is 62.4 Å². The van der Waals surface area contributed by atoms with Crippen LogP contribution in [-0.4, -0.2) is 16.1 Å². The molecule has 1 atom stereocenters. The molecule has 5 nitrogen and oxygen atoms in total. The van der Waals surface area contributed by atoms with E-state index < -0.39 is 0 Å². The molecule has 2 aromatic carbocycles. The number of para-hydroxylation sites is 2. The Morgan fingerprint density at radius 1 is 1.15 bits per heavy atom. The van der Waals surface area contributed by atoms with E-state index in [1.165, 1.54) is 6.07 Å². The van der Waals surface area contributed by atoms with Crippen LogP contribution in [0.3, 0.4) is 0 Å². The summed E-state index contributed by atoms with van der Waals surface area (Å²) in [5, 5.41) is 3.88. The van der Waals surface area contributed by atoms with E-state index in [0.717, 1.165) is 22.2 Å². The number of nitrogens with one attached hydrogen (secondary N) is 1. The van der Waals surface area contributed by atoms with Gasteiger partial charge in [-0.2, -0.15) is 0 Å². The second-order valence-electron chi connectivity index (χ2n) is 7.60. The monoisotopic (exact) mass is 362 g/mol. The second kappa shape index (κ2) is 6.27. The Morgan fingerprint density at radius 2 is 1.85 bits per heavy atom. The fourth-order valence-corrected chi connectivity index (χ4v) is 3.77. The van der Waals surface area contributed by atoms with E-state index in [4.69, 9.17) is 4.74 Å². The summed E-state index contributed by atoms with van der Waals surface area (Å²) in [4.78, 5) is 25.4. The van der Waals surface area contributed by atoms with Crippen molar-refractivity contribution in [2.75, 3.05) is 0 Å². The zero-order chi connectivity index (χ0) is 19.2. The highest BCUT2D eigenvalue weighted by Gasteiger charge is 2.34. The number of hydrogen-bond donors (Lipinski definition) is 1. The maximum atomic E-state index is 13.1. The van der Waals surface area contributed by atoms with E-state index in [1.54, 1.807) is 11.6 Å². The number of rotatable bonds is 2. The van der Waals surface area contributed by atoms with Gasteiger partial charge in [0.25, 0.3) is 11.5 Å². The Kier molecular flexibility index (Phi) is 4.02. The SMILES string of the molecule is Cn1c(=O)cc(C(=O)NC2CC(C)(C)Oc3ccccc32)c2ccccc21. The normalized spacial score (nSPS) is 17.8. The third-order valence-corrected chi connectivity index (χ3v) is 5.08. The zero-order valence-electron chi connectivity index (χ0n) is 15.7. The van der Waals surface area contributed by atoms with Crippen molar-refractivity contribution in [1.29, 1.82) is 0 Å². The summed E-state index contributed by atoms with van der Waals surface area (Å²) < 4.78 is 7.59. The number of carbonyl (C=O) groups is 1. The minimum atomic E-state index is -0.388. The smallest absolute Gasteiger partial charge is 0.252 e. The number of hydrogen-bond acceptors (Lipinski definition) is 3. The van der Waals surface area contributed by atoms with Gasteiger partial charge in [0.05, 0.1) is 17.1 Å². The van der Waals surface area contributed by atoms with Gasteiger partial charge < -0.3 is 14.6 Å². The number of aromatic nitrogens is 1. The average molecular weight is 362 g/mol. The Labute approximate surface area is 157 Å². The lowest BCUT2D eigenvalue weighted by molar-refractivity contribution is 0.0620. The summed E-state index contributed by atoms with van der Waals surface area (Å²) >= 11 is 0. The van der Waals surface area contributed by atoms with Crippen LogP contribution in [0.4, 0.5) is 0 Å². The summed E-state index contributed by atoms with van der Waals surface area (Å²) in [6.45, 7) is 4.02. The molecule has 2 heterocycles. The fourth-order valence-electron chi connectivity index (χ4n) is 3.77. The number of carbonyl (C=O) groups excluding carboxylic acids is 1. The molecule has 1 aromatic heterocycles. The van der Waals surface area contributed by atoms with Crippen LogP contribution in [0.1, 0.15) is 42.2 Å². The number of aryl methyl sites for hydroxylation is 1. The van der Waals surface area contributed by atoms with Crippen LogP contribution in [0.2, 0.25) is 0 Å². The molecule has 1 unspecified atom stereocenters. The average Bonchev–Trinajstić information content (AvgIpc) is 2.63. The van der Waals surface area contributed by atoms with Gasteiger partial charge in [0.15, 0.2) is 0 Å². The molecule has 27 heavy (non-hydrogen) atoms. The first kappa shape index (κ1) is 17.3. The molecule has 4 rings (SSSR count). The molecule has 0 aliphatic carbocycles. The van der Waals surface area contributed by atoms with Gasteiger partial charge in [0.2, 0.25) is 0 Å². The van der Waals surface area contributed by atoms with E-state index in [2.05, 4.69) is 5.32 Å². The van der Waals surface area contributed by atoms with Crippen LogP contribution < -0.4 is 15.6 Å². The van der Waals surface area contributed by atoms with Crippen molar-refractivity contribution in [3.05, 3.63) is 76.1 Å². The van der Waals surface area contributed by atoms with Crippen molar-refractivity contribution >= 4 is 16.8 Å². The minimum absolute atomic E-state index is 0.180. The van der Waals surface area contributed by atoms with Crippen molar-refractivity contribution in [3.63, 3.8) is 0 Å². The predicted octanol–water partition coefficient (Wildman–Crippen LogP) is 3.57. The molecular formula is C22H22N2O3. The third kappa shape index (κ3) is 3.10. The van der Waals surface area contributed by atoms with Crippen LogP contribution in [0.15, 0.2) is 59.4 Å². The maximum Gasteiger partial charge on any atom is 0.252 e.